The third-order valence-corrected chi connectivity index (χ3v) is 4.13. The van der Waals surface area contributed by atoms with Crippen LogP contribution in [-0.4, -0.2) is 33.8 Å². The summed E-state index contributed by atoms with van der Waals surface area (Å²) >= 11 is 0. The number of nitrogens with one attached hydrogen (secondary N) is 1. The van der Waals surface area contributed by atoms with Crippen LogP contribution in [-0.2, 0) is 16.1 Å². The Morgan fingerprint density at radius 3 is 2.79 bits per heavy atom. The summed E-state index contributed by atoms with van der Waals surface area (Å²) in [5.41, 5.74) is 0.349. The molecule has 19 heavy (non-hydrogen) atoms. The molecule has 2 aliphatic rings. The Bertz CT molecular complexity index is 495. The van der Waals surface area contributed by atoms with Crippen molar-refractivity contribution in [1.29, 1.82) is 0 Å². The van der Waals surface area contributed by atoms with Crippen molar-refractivity contribution in [1.82, 2.24) is 15.2 Å². The van der Waals surface area contributed by atoms with Gasteiger partial charge in [0.2, 0.25) is 11.8 Å². The lowest BCUT2D eigenvalue weighted by molar-refractivity contribution is -0.154. The molecule has 1 spiro atoms. The quantitative estimate of drug-likeness (QED) is 0.856. The van der Waals surface area contributed by atoms with Crippen molar-refractivity contribution in [2.24, 2.45) is 0 Å². The largest absolute Gasteiger partial charge is 0.345 e. The standard InChI is InChI=1S/C14H17N3O2/c18-12-9-16-13(19)14(5-1-2-6-14)17(12)10-11-4-3-7-15-8-11/h3-4,7-8H,1-2,5-6,9-10H2,(H,16,19). The van der Waals surface area contributed by atoms with Gasteiger partial charge in [-0.25, -0.2) is 0 Å². The van der Waals surface area contributed by atoms with Crippen molar-refractivity contribution in [2.45, 2.75) is 37.8 Å². The first kappa shape index (κ1) is 12.1. The molecule has 5 nitrogen and oxygen atoms in total. The molecule has 1 aromatic rings. The van der Waals surface area contributed by atoms with Crippen LogP contribution >= 0.6 is 0 Å². The highest BCUT2D eigenvalue weighted by Crippen LogP contribution is 2.38. The molecule has 1 N–H and O–H groups in total. The molecule has 100 valence electrons. The van der Waals surface area contributed by atoms with E-state index in [1.807, 2.05) is 12.1 Å². The predicted molar refractivity (Wildman–Crippen MR) is 69.0 cm³/mol. The first-order valence-corrected chi connectivity index (χ1v) is 6.70. The average molecular weight is 259 g/mol. The Kier molecular flexibility index (Phi) is 2.97. The average Bonchev–Trinajstić information content (AvgIpc) is 2.91. The number of amides is 2. The Morgan fingerprint density at radius 2 is 2.11 bits per heavy atom. The fourth-order valence-electron chi connectivity index (χ4n) is 3.15. The first-order valence-electron chi connectivity index (χ1n) is 6.70. The second-order valence-corrected chi connectivity index (χ2v) is 5.26. The van der Waals surface area contributed by atoms with Gasteiger partial charge in [0.15, 0.2) is 0 Å². The summed E-state index contributed by atoms with van der Waals surface area (Å²) in [6, 6.07) is 3.79. The summed E-state index contributed by atoms with van der Waals surface area (Å²) in [7, 11) is 0. The molecule has 3 rings (SSSR count). The molecule has 1 aliphatic carbocycles. The summed E-state index contributed by atoms with van der Waals surface area (Å²) < 4.78 is 0. The number of hydrogen-bond donors (Lipinski definition) is 1. The predicted octanol–water partition coefficient (Wildman–Crippen LogP) is 0.853. The summed E-state index contributed by atoms with van der Waals surface area (Å²) in [6.45, 7) is 0.584. The van der Waals surface area contributed by atoms with Crippen molar-refractivity contribution in [3.63, 3.8) is 0 Å². The lowest BCUT2D eigenvalue weighted by Crippen LogP contribution is -2.65. The van der Waals surface area contributed by atoms with Crippen molar-refractivity contribution >= 4 is 11.8 Å². The second-order valence-electron chi connectivity index (χ2n) is 5.26. The van der Waals surface area contributed by atoms with E-state index >= 15 is 0 Å². The van der Waals surface area contributed by atoms with Crippen LogP contribution in [0.2, 0.25) is 0 Å². The Labute approximate surface area is 112 Å². The maximum atomic E-state index is 12.2. The van der Waals surface area contributed by atoms with Gasteiger partial charge in [0, 0.05) is 18.9 Å². The summed E-state index contributed by atoms with van der Waals surface area (Å²) in [4.78, 5) is 30.3. The van der Waals surface area contributed by atoms with Gasteiger partial charge in [-0.1, -0.05) is 18.9 Å². The van der Waals surface area contributed by atoms with E-state index in [0.717, 1.165) is 31.2 Å². The maximum absolute atomic E-state index is 12.2. The van der Waals surface area contributed by atoms with E-state index in [1.165, 1.54) is 0 Å². The van der Waals surface area contributed by atoms with Gasteiger partial charge in [-0.2, -0.15) is 0 Å². The van der Waals surface area contributed by atoms with Gasteiger partial charge in [0.05, 0.1) is 6.54 Å². The monoisotopic (exact) mass is 259 g/mol. The van der Waals surface area contributed by atoms with Crippen LogP contribution in [0.25, 0.3) is 0 Å². The third-order valence-electron chi connectivity index (χ3n) is 4.13. The number of rotatable bonds is 2. The molecule has 2 fully saturated rings. The lowest BCUT2D eigenvalue weighted by atomic mass is 9.91. The third kappa shape index (κ3) is 1.99. The van der Waals surface area contributed by atoms with Crippen molar-refractivity contribution in [3.05, 3.63) is 30.1 Å². The minimum atomic E-state index is -0.620. The molecule has 1 saturated carbocycles. The normalized spacial score (nSPS) is 21.8. The lowest BCUT2D eigenvalue weighted by Gasteiger charge is -2.43. The Morgan fingerprint density at radius 1 is 1.32 bits per heavy atom. The number of carbonyl (C=O) groups excluding carboxylic acids is 2. The van der Waals surface area contributed by atoms with Crippen LogP contribution in [0.1, 0.15) is 31.2 Å². The molecular formula is C14H17N3O2. The molecule has 5 heteroatoms. The number of carbonyl (C=O) groups is 2. The maximum Gasteiger partial charge on any atom is 0.246 e. The van der Waals surface area contributed by atoms with Crippen molar-refractivity contribution in [2.75, 3.05) is 6.54 Å². The zero-order valence-electron chi connectivity index (χ0n) is 10.8. The number of aromatic nitrogens is 1. The molecule has 2 amide bonds. The van der Waals surface area contributed by atoms with Crippen LogP contribution in [0.3, 0.4) is 0 Å². The molecule has 0 unspecified atom stereocenters. The van der Waals surface area contributed by atoms with Crippen LogP contribution in [0.4, 0.5) is 0 Å². The molecule has 0 aromatic carbocycles. The fourth-order valence-corrected chi connectivity index (χ4v) is 3.15. The minimum absolute atomic E-state index is 0.00496. The number of nitrogens with zero attached hydrogens (tertiary/aromatic N) is 2. The van der Waals surface area contributed by atoms with Gasteiger partial charge in [0.25, 0.3) is 0 Å². The SMILES string of the molecule is O=C1CNC(=O)C2(CCCC2)N1Cc1cccnc1. The van der Waals surface area contributed by atoms with Gasteiger partial charge >= 0.3 is 0 Å². The highest BCUT2D eigenvalue weighted by atomic mass is 16.2. The van der Waals surface area contributed by atoms with Crippen molar-refractivity contribution < 1.29 is 9.59 Å². The Hall–Kier alpha value is -1.91. The summed E-state index contributed by atoms with van der Waals surface area (Å²) in [5, 5.41) is 2.73. The number of piperazine rings is 1. The highest BCUT2D eigenvalue weighted by molar-refractivity contribution is 5.98. The van der Waals surface area contributed by atoms with E-state index in [-0.39, 0.29) is 18.4 Å². The molecule has 1 aromatic heterocycles. The molecular weight excluding hydrogens is 242 g/mol. The van der Waals surface area contributed by atoms with Gasteiger partial charge in [-0.15, -0.1) is 0 Å². The smallest absolute Gasteiger partial charge is 0.246 e. The number of hydrogen-bond acceptors (Lipinski definition) is 3. The zero-order valence-corrected chi connectivity index (χ0v) is 10.8. The fraction of sp³-hybridized carbons (Fsp3) is 0.500. The van der Waals surface area contributed by atoms with Crippen LogP contribution in [0.5, 0.6) is 0 Å². The molecule has 1 aliphatic heterocycles. The van der Waals surface area contributed by atoms with E-state index in [0.29, 0.717) is 6.54 Å². The van der Waals surface area contributed by atoms with Gasteiger partial charge in [-0.3, -0.25) is 14.6 Å². The molecule has 0 radical (unpaired) electrons. The van der Waals surface area contributed by atoms with E-state index in [1.54, 1.807) is 17.3 Å². The molecule has 2 heterocycles. The highest BCUT2D eigenvalue weighted by Gasteiger charge is 2.50. The molecule has 0 atom stereocenters. The second kappa shape index (κ2) is 4.64. The zero-order chi connectivity index (χ0) is 13.3. The van der Waals surface area contributed by atoms with Gasteiger partial charge in [-0.05, 0) is 24.5 Å². The van der Waals surface area contributed by atoms with E-state index in [9.17, 15) is 9.59 Å². The Balaban J connectivity index is 1.91. The topological polar surface area (TPSA) is 62.3 Å². The van der Waals surface area contributed by atoms with Gasteiger partial charge < -0.3 is 10.2 Å². The van der Waals surface area contributed by atoms with Crippen LogP contribution < -0.4 is 5.32 Å². The van der Waals surface area contributed by atoms with Crippen molar-refractivity contribution in [3.8, 4) is 0 Å². The number of pyridine rings is 1. The van der Waals surface area contributed by atoms with E-state index < -0.39 is 5.54 Å². The van der Waals surface area contributed by atoms with E-state index in [2.05, 4.69) is 10.3 Å². The summed E-state index contributed by atoms with van der Waals surface area (Å²) in [5.74, 6) is 0.0128. The molecule has 1 saturated heterocycles. The minimum Gasteiger partial charge on any atom is -0.345 e. The molecule has 0 bridgehead atoms. The van der Waals surface area contributed by atoms with Crippen LogP contribution in [0.15, 0.2) is 24.5 Å². The van der Waals surface area contributed by atoms with E-state index in [4.69, 9.17) is 0 Å². The summed E-state index contributed by atoms with van der Waals surface area (Å²) in [6.07, 6.45) is 7.01. The van der Waals surface area contributed by atoms with Crippen LogP contribution in [0, 0.1) is 0 Å². The van der Waals surface area contributed by atoms with Gasteiger partial charge in [0.1, 0.15) is 5.54 Å². The first-order chi connectivity index (χ1) is 9.22.